The fourth-order valence-electron chi connectivity index (χ4n) is 1.45. The highest BCUT2D eigenvalue weighted by Crippen LogP contribution is 2.18. The first-order valence-corrected chi connectivity index (χ1v) is 5.56. The second kappa shape index (κ2) is 4.53. The predicted molar refractivity (Wildman–Crippen MR) is 64.5 cm³/mol. The molecular weight excluding hydrogens is 210 g/mol. The molecule has 2 N–H and O–H groups in total. The maximum absolute atomic E-state index is 5.89. The van der Waals surface area contributed by atoms with Crippen LogP contribution in [0.15, 0.2) is 18.2 Å². The van der Waals surface area contributed by atoms with E-state index in [0.717, 1.165) is 35.0 Å². The third-order valence-electron chi connectivity index (χ3n) is 2.27. The van der Waals surface area contributed by atoms with Crippen molar-refractivity contribution in [2.45, 2.75) is 19.8 Å². The van der Waals surface area contributed by atoms with Gasteiger partial charge in [0.2, 0.25) is 5.95 Å². The first-order valence-electron chi connectivity index (χ1n) is 5.18. The lowest BCUT2D eigenvalue weighted by molar-refractivity contribution is 0.829. The average Bonchev–Trinajstić information content (AvgIpc) is 2.60. The lowest BCUT2D eigenvalue weighted by Crippen LogP contribution is -2.01. The molecular formula is C11H14ClN3. The summed E-state index contributed by atoms with van der Waals surface area (Å²) in [5.41, 5.74) is 1.92. The van der Waals surface area contributed by atoms with Crippen molar-refractivity contribution in [1.29, 1.82) is 0 Å². The summed E-state index contributed by atoms with van der Waals surface area (Å²) in [5.74, 6) is 0.820. The number of H-pyrrole nitrogens is 1. The van der Waals surface area contributed by atoms with Crippen molar-refractivity contribution in [3.8, 4) is 0 Å². The molecule has 0 radical (unpaired) electrons. The highest BCUT2D eigenvalue weighted by Gasteiger charge is 2.01. The molecule has 0 saturated carbocycles. The van der Waals surface area contributed by atoms with Gasteiger partial charge in [0.1, 0.15) is 0 Å². The third-order valence-corrected chi connectivity index (χ3v) is 2.50. The number of hydrogen-bond donors (Lipinski definition) is 2. The van der Waals surface area contributed by atoms with Crippen molar-refractivity contribution in [3.05, 3.63) is 23.2 Å². The summed E-state index contributed by atoms with van der Waals surface area (Å²) >= 11 is 5.89. The van der Waals surface area contributed by atoms with Gasteiger partial charge >= 0.3 is 0 Å². The zero-order chi connectivity index (χ0) is 10.7. The summed E-state index contributed by atoms with van der Waals surface area (Å²) in [6, 6.07) is 5.65. The molecule has 2 rings (SSSR count). The van der Waals surface area contributed by atoms with Crippen molar-refractivity contribution in [2.24, 2.45) is 0 Å². The Labute approximate surface area is 93.9 Å². The molecule has 3 nitrogen and oxygen atoms in total. The summed E-state index contributed by atoms with van der Waals surface area (Å²) in [7, 11) is 0. The number of anilines is 1. The average molecular weight is 224 g/mol. The predicted octanol–water partition coefficient (Wildman–Crippen LogP) is 3.43. The first kappa shape index (κ1) is 10.3. The Kier molecular flexibility index (Phi) is 3.11. The van der Waals surface area contributed by atoms with E-state index in [-0.39, 0.29) is 0 Å². The quantitative estimate of drug-likeness (QED) is 0.780. The molecule has 0 aliphatic heterocycles. The van der Waals surface area contributed by atoms with Crippen LogP contribution in [0.4, 0.5) is 5.95 Å². The molecule has 0 atom stereocenters. The highest BCUT2D eigenvalue weighted by atomic mass is 35.5. The summed E-state index contributed by atoms with van der Waals surface area (Å²) in [4.78, 5) is 7.59. The lowest BCUT2D eigenvalue weighted by atomic mass is 10.3. The lowest BCUT2D eigenvalue weighted by Gasteiger charge is -1.98. The maximum atomic E-state index is 5.89. The number of nitrogens with zero attached hydrogens (tertiary/aromatic N) is 1. The van der Waals surface area contributed by atoms with E-state index in [1.807, 2.05) is 18.2 Å². The summed E-state index contributed by atoms with van der Waals surface area (Å²) in [6.07, 6.45) is 2.33. The Morgan fingerprint density at radius 2 is 2.33 bits per heavy atom. The van der Waals surface area contributed by atoms with E-state index < -0.39 is 0 Å². The van der Waals surface area contributed by atoms with Gasteiger partial charge in [0.05, 0.1) is 11.0 Å². The molecule has 0 aliphatic carbocycles. The van der Waals surface area contributed by atoms with Crippen molar-refractivity contribution >= 4 is 28.6 Å². The van der Waals surface area contributed by atoms with Crippen LogP contribution in [0.1, 0.15) is 19.8 Å². The van der Waals surface area contributed by atoms with E-state index >= 15 is 0 Å². The minimum absolute atomic E-state index is 0.728. The van der Waals surface area contributed by atoms with Crippen LogP contribution in [0.5, 0.6) is 0 Å². The summed E-state index contributed by atoms with van der Waals surface area (Å²) < 4.78 is 0. The van der Waals surface area contributed by atoms with Gasteiger partial charge < -0.3 is 10.3 Å². The number of fused-ring (bicyclic) bond motifs is 1. The Bertz CT molecular complexity index is 450. The number of aromatic nitrogens is 2. The largest absolute Gasteiger partial charge is 0.356 e. The van der Waals surface area contributed by atoms with Gasteiger partial charge in [-0.15, -0.1) is 0 Å². The molecule has 0 bridgehead atoms. The molecule has 0 saturated heterocycles. The minimum Gasteiger partial charge on any atom is -0.356 e. The van der Waals surface area contributed by atoms with Crippen LogP contribution in [-0.2, 0) is 0 Å². The van der Waals surface area contributed by atoms with Crippen molar-refractivity contribution in [3.63, 3.8) is 0 Å². The Hall–Kier alpha value is -1.22. The summed E-state index contributed by atoms with van der Waals surface area (Å²) in [6.45, 7) is 3.12. The van der Waals surface area contributed by atoms with Gasteiger partial charge in [0.25, 0.3) is 0 Å². The zero-order valence-electron chi connectivity index (χ0n) is 8.68. The van der Waals surface area contributed by atoms with E-state index in [0.29, 0.717) is 0 Å². The summed E-state index contributed by atoms with van der Waals surface area (Å²) in [5, 5.41) is 3.97. The van der Waals surface area contributed by atoms with E-state index in [1.165, 1.54) is 6.42 Å². The molecule has 0 spiro atoms. The van der Waals surface area contributed by atoms with Crippen molar-refractivity contribution < 1.29 is 0 Å². The molecule has 0 amide bonds. The van der Waals surface area contributed by atoms with Crippen LogP contribution in [0.3, 0.4) is 0 Å². The smallest absolute Gasteiger partial charge is 0.201 e. The van der Waals surface area contributed by atoms with Crippen LogP contribution >= 0.6 is 11.6 Å². The molecule has 0 unspecified atom stereocenters. The molecule has 2 aromatic rings. The minimum atomic E-state index is 0.728. The van der Waals surface area contributed by atoms with E-state index in [9.17, 15) is 0 Å². The van der Waals surface area contributed by atoms with Gasteiger partial charge in [-0.25, -0.2) is 4.98 Å². The number of benzene rings is 1. The Balaban J connectivity index is 2.16. The van der Waals surface area contributed by atoms with Gasteiger partial charge in [0.15, 0.2) is 0 Å². The van der Waals surface area contributed by atoms with Gasteiger partial charge in [-0.3, -0.25) is 0 Å². The Morgan fingerprint density at radius 3 is 3.13 bits per heavy atom. The number of nitrogens with one attached hydrogen (secondary N) is 2. The molecule has 80 valence electrons. The number of hydrogen-bond acceptors (Lipinski definition) is 2. The van der Waals surface area contributed by atoms with Crippen LogP contribution in [-0.4, -0.2) is 16.5 Å². The van der Waals surface area contributed by atoms with Crippen LogP contribution in [0, 0.1) is 0 Å². The molecule has 15 heavy (non-hydrogen) atoms. The molecule has 1 aromatic carbocycles. The topological polar surface area (TPSA) is 40.7 Å². The number of rotatable bonds is 4. The zero-order valence-corrected chi connectivity index (χ0v) is 9.43. The number of aromatic amines is 1. The van der Waals surface area contributed by atoms with Crippen LogP contribution in [0.2, 0.25) is 5.02 Å². The van der Waals surface area contributed by atoms with Crippen LogP contribution in [0.25, 0.3) is 11.0 Å². The fourth-order valence-corrected chi connectivity index (χ4v) is 1.62. The molecule has 1 aromatic heterocycles. The first-order chi connectivity index (χ1) is 7.29. The van der Waals surface area contributed by atoms with Gasteiger partial charge in [0, 0.05) is 11.6 Å². The van der Waals surface area contributed by atoms with E-state index in [4.69, 9.17) is 11.6 Å². The van der Waals surface area contributed by atoms with Gasteiger partial charge in [-0.05, 0) is 24.6 Å². The van der Waals surface area contributed by atoms with E-state index in [1.54, 1.807) is 0 Å². The standard InChI is InChI=1S/C11H14ClN3/c1-2-3-6-13-11-14-9-5-4-8(12)7-10(9)15-11/h4-5,7H,2-3,6H2,1H3,(H2,13,14,15). The highest BCUT2D eigenvalue weighted by molar-refractivity contribution is 6.31. The fraction of sp³-hybridized carbons (Fsp3) is 0.364. The molecule has 4 heteroatoms. The monoisotopic (exact) mass is 223 g/mol. The Morgan fingerprint density at radius 1 is 1.47 bits per heavy atom. The molecule has 0 aliphatic rings. The number of halogens is 1. The van der Waals surface area contributed by atoms with Gasteiger partial charge in [-0.2, -0.15) is 0 Å². The second-order valence-corrected chi connectivity index (χ2v) is 3.96. The molecule has 0 fully saturated rings. The number of unbranched alkanes of at least 4 members (excludes halogenated alkanes) is 1. The third kappa shape index (κ3) is 2.42. The maximum Gasteiger partial charge on any atom is 0.201 e. The van der Waals surface area contributed by atoms with E-state index in [2.05, 4.69) is 22.2 Å². The van der Waals surface area contributed by atoms with Crippen LogP contribution < -0.4 is 5.32 Å². The molecule has 1 heterocycles. The van der Waals surface area contributed by atoms with Gasteiger partial charge in [-0.1, -0.05) is 24.9 Å². The normalized spacial score (nSPS) is 10.8. The number of imidazole rings is 1. The SMILES string of the molecule is CCCCNc1nc2ccc(Cl)cc2[nH]1. The van der Waals surface area contributed by atoms with Crippen molar-refractivity contribution in [2.75, 3.05) is 11.9 Å². The van der Waals surface area contributed by atoms with Crippen molar-refractivity contribution in [1.82, 2.24) is 9.97 Å². The second-order valence-electron chi connectivity index (χ2n) is 3.53.